The Balaban J connectivity index is 1.42. The average Bonchev–Trinajstić information content (AvgIpc) is 3.05. The molecule has 1 aromatic heterocycles. The summed E-state index contributed by atoms with van der Waals surface area (Å²) >= 11 is 0. The van der Waals surface area contributed by atoms with Gasteiger partial charge in [0, 0.05) is 32.2 Å². The molecule has 7 heteroatoms. The molecule has 29 heavy (non-hydrogen) atoms. The van der Waals surface area contributed by atoms with E-state index in [9.17, 15) is 4.79 Å². The highest BCUT2D eigenvalue weighted by Crippen LogP contribution is 2.22. The molecule has 7 nitrogen and oxygen atoms in total. The molecule has 2 fully saturated rings. The first-order valence-corrected chi connectivity index (χ1v) is 10.8. The van der Waals surface area contributed by atoms with Gasteiger partial charge in [-0.05, 0) is 51.8 Å². The van der Waals surface area contributed by atoms with E-state index in [0.717, 1.165) is 64.2 Å². The number of aromatic nitrogens is 3. The number of nitrogens with one attached hydrogen (secondary N) is 1. The molecule has 1 N–H and O–H groups in total. The minimum absolute atomic E-state index is 0.0245. The standard InChI is InChI=1S/C22H32N6O/c1-17-10-13-26(14-15-27(17)16-19-6-4-3-5-7-19)22(29)21-18(2)28(25-24-21)20-8-11-23-12-9-20/h3-7,17,20,23H,8-16H2,1-2H3/t17-/m1/s1. The fraction of sp³-hybridized carbons (Fsp3) is 0.591. The maximum absolute atomic E-state index is 13.2. The van der Waals surface area contributed by atoms with Gasteiger partial charge in [-0.1, -0.05) is 35.5 Å². The summed E-state index contributed by atoms with van der Waals surface area (Å²) in [7, 11) is 0. The first kappa shape index (κ1) is 20.0. The lowest BCUT2D eigenvalue weighted by Crippen LogP contribution is -2.36. The molecule has 0 radical (unpaired) electrons. The molecule has 2 aliphatic rings. The van der Waals surface area contributed by atoms with Gasteiger partial charge in [0.1, 0.15) is 0 Å². The van der Waals surface area contributed by atoms with Crippen LogP contribution < -0.4 is 5.32 Å². The van der Waals surface area contributed by atoms with Crippen LogP contribution in [0.5, 0.6) is 0 Å². The summed E-state index contributed by atoms with van der Waals surface area (Å²) < 4.78 is 1.97. The third kappa shape index (κ3) is 4.51. The molecule has 1 aromatic carbocycles. The number of rotatable bonds is 4. The second kappa shape index (κ2) is 9.05. The van der Waals surface area contributed by atoms with E-state index in [-0.39, 0.29) is 5.91 Å². The highest BCUT2D eigenvalue weighted by Gasteiger charge is 2.29. The van der Waals surface area contributed by atoms with E-state index in [1.54, 1.807) is 0 Å². The van der Waals surface area contributed by atoms with Crippen LogP contribution in [-0.4, -0.2) is 69.5 Å². The van der Waals surface area contributed by atoms with E-state index < -0.39 is 0 Å². The van der Waals surface area contributed by atoms with Crippen molar-refractivity contribution in [3.63, 3.8) is 0 Å². The normalized spacial score (nSPS) is 21.9. The fourth-order valence-electron chi connectivity index (χ4n) is 4.45. The molecular weight excluding hydrogens is 364 g/mol. The van der Waals surface area contributed by atoms with Gasteiger partial charge in [-0.2, -0.15) is 0 Å². The van der Waals surface area contributed by atoms with Crippen LogP contribution in [0.2, 0.25) is 0 Å². The Bertz CT molecular complexity index is 814. The van der Waals surface area contributed by atoms with Crippen molar-refractivity contribution in [1.29, 1.82) is 0 Å². The summed E-state index contributed by atoms with van der Waals surface area (Å²) in [5.74, 6) is 0.0245. The Labute approximate surface area is 173 Å². The third-order valence-corrected chi connectivity index (χ3v) is 6.40. The maximum Gasteiger partial charge on any atom is 0.276 e. The summed E-state index contributed by atoms with van der Waals surface area (Å²) in [5.41, 5.74) is 2.74. The lowest BCUT2D eigenvalue weighted by Gasteiger charge is -2.26. The van der Waals surface area contributed by atoms with Gasteiger partial charge in [0.25, 0.3) is 5.91 Å². The Kier molecular flexibility index (Phi) is 6.25. The lowest BCUT2D eigenvalue weighted by atomic mass is 10.1. The summed E-state index contributed by atoms with van der Waals surface area (Å²) in [6.07, 6.45) is 3.04. The highest BCUT2D eigenvalue weighted by atomic mass is 16.2. The van der Waals surface area contributed by atoms with Crippen LogP contribution in [0, 0.1) is 6.92 Å². The van der Waals surface area contributed by atoms with E-state index in [1.165, 1.54) is 5.56 Å². The lowest BCUT2D eigenvalue weighted by molar-refractivity contribution is 0.0754. The van der Waals surface area contributed by atoms with E-state index in [4.69, 9.17) is 0 Å². The van der Waals surface area contributed by atoms with E-state index in [0.29, 0.717) is 17.8 Å². The Morgan fingerprint density at radius 1 is 1.10 bits per heavy atom. The maximum atomic E-state index is 13.2. The van der Waals surface area contributed by atoms with Gasteiger partial charge in [-0.15, -0.1) is 5.10 Å². The van der Waals surface area contributed by atoms with Gasteiger partial charge in [-0.3, -0.25) is 9.69 Å². The summed E-state index contributed by atoms with van der Waals surface area (Å²) in [5, 5.41) is 12.0. The largest absolute Gasteiger partial charge is 0.336 e. The molecule has 2 aromatic rings. The van der Waals surface area contributed by atoms with Crippen LogP contribution in [0.4, 0.5) is 0 Å². The van der Waals surface area contributed by atoms with E-state index in [1.807, 2.05) is 16.5 Å². The summed E-state index contributed by atoms with van der Waals surface area (Å²) in [6.45, 7) is 9.54. The van der Waals surface area contributed by atoms with E-state index in [2.05, 4.69) is 57.8 Å². The number of benzene rings is 1. The molecule has 4 rings (SSSR count). The minimum atomic E-state index is 0.0245. The monoisotopic (exact) mass is 396 g/mol. The molecule has 156 valence electrons. The van der Waals surface area contributed by atoms with Gasteiger partial charge < -0.3 is 10.2 Å². The molecule has 3 heterocycles. The van der Waals surface area contributed by atoms with Crippen LogP contribution in [0.3, 0.4) is 0 Å². The van der Waals surface area contributed by atoms with Gasteiger partial charge in [-0.25, -0.2) is 4.68 Å². The van der Waals surface area contributed by atoms with Gasteiger partial charge in [0.05, 0.1) is 11.7 Å². The molecule has 1 amide bonds. The number of hydrogen-bond acceptors (Lipinski definition) is 5. The summed E-state index contributed by atoms with van der Waals surface area (Å²) in [6, 6.07) is 11.3. The zero-order chi connectivity index (χ0) is 20.2. The molecule has 2 aliphatic heterocycles. The van der Waals surface area contributed by atoms with Crippen molar-refractivity contribution in [3.8, 4) is 0 Å². The summed E-state index contributed by atoms with van der Waals surface area (Å²) in [4.78, 5) is 17.7. The van der Waals surface area contributed by atoms with Crippen molar-refractivity contribution in [2.45, 2.75) is 51.7 Å². The van der Waals surface area contributed by atoms with Crippen molar-refractivity contribution >= 4 is 5.91 Å². The van der Waals surface area contributed by atoms with E-state index >= 15 is 0 Å². The zero-order valence-electron chi connectivity index (χ0n) is 17.5. The number of nitrogens with zero attached hydrogens (tertiary/aromatic N) is 5. The van der Waals surface area contributed by atoms with Gasteiger partial charge in [0.2, 0.25) is 0 Å². The van der Waals surface area contributed by atoms with Crippen molar-refractivity contribution < 1.29 is 4.79 Å². The third-order valence-electron chi connectivity index (χ3n) is 6.40. The quantitative estimate of drug-likeness (QED) is 0.859. The van der Waals surface area contributed by atoms with Crippen LogP contribution in [0.1, 0.15) is 54.0 Å². The van der Waals surface area contributed by atoms with Crippen molar-refractivity contribution in [2.75, 3.05) is 32.7 Å². The zero-order valence-corrected chi connectivity index (χ0v) is 17.5. The molecule has 0 unspecified atom stereocenters. The smallest absolute Gasteiger partial charge is 0.276 e. The highest BCUT2D eigenvalue weighted by molar-refractivity contribution is 5.93. The molecular formula is C22H32N6O. The number of carbonyl (C=O) groups is 1. The minimum Gasteiger partial charge on any atom is -0.336 e. The van der Waals surface area contributed by atoms with Crippen LogP contribution in [0.25, 0.3) is 0 Å². The Morgan fingerprint density at radius 3 is 2.62 bits per heavy atom. The molecule has 0 spiro atoms. The van der Waals surface area contributed by atoms with Crippen LogP contribution in [0.15, 0.2) is 30.3 Å². The van der Waals surface area contributed by atoms with Gasteiger partial charge in [0.15, 0.2) is 5.69 Å². The Hall–Kier alpha value is -2.25. The van der Waals surface area contributed by atoms with Crippen LogP contribution in [-0.2, 0) is 6.54 Å². The Morgan fingerprint density at radius 2 is 1.86 bits per heavy atom. The van der Waals surface area contributed by atoms with Gasteiger partial charge >= 0.3 is 0 Å². The molecule has 2 saturated heterocycles. The molecule has 0 aliphatic carbocycles. The van der Waals surface area contributed by atoms with Crippen LogP contribution >= 0.6 is 0 Å². The second-order valence-corrected chi connectivity index (χ2v) is 8.34. The molecule has 0 bridgehead atoms. The number of amides is 1. The molecule has 0 saturated carbocycles. The molecule has 1 atom stereocenters. The first-order chi connectivity index (χ1) is 14.1. The fourth-order valence-corrected chi connectivity index (χ4v) is 4.45. The van der Waals surface area contributed by atoms with Crippen molar-refractivity contribution in [1.82, 2.24) is 30.1 Å². The second-order valence-electron chi connectivity index (χ2n) is 8.34. The predicted octanol–water partition coefficient (Wildman–Crippen LogP) is 2.25. The first-order valence-electron chi connectivity index (χ1n) is 10.8. The topological polar surface area (TPSA) is 66.3 Å². The van der Waals surface area contributed by atoms with Crippen molar-refractivity contribution in [3.05, 3.63) is 47.3 Å². The number of carbonyl (C=O) groups excluding carboxylic acids is 1. The average molecular weight is 397 g/mol. The predicted molar refractivity (Wildman–Crippen MR) is 113 cm³/mol. The van der Waals surface area contributed by atoms with Crippen molar-refractivity contribution in [2.24, 2.45) is 0 Å². The number of piperidine rings is 1. The number of hydrogen-bond donors (Lipinski definition) is 1. The SMILES string of the molecule is Cc1c(C(=O)N2CC[C@@H](C)N(Cc3ccccc3)CC2)nnn1C1CCNCC1.